The Labute approximate surface area is 282 Å². The van der Waals surface area contributed by atoms with Crippen LogP contribution < -0.4 is 10.7 Å². The summed E-state index contributed by atoms with van der Waals surface area (Å²) in [6, 6.07) is 23.7. The van der Waals surface area contributed by atoms with Crippen molar-refractivity contribution >= 4 is 29.1 Å². The van der Waals surface area contributed by atoms with Gasteiger partial charge < -0.3 is 5.73 Å². The van der Waals surface area contributed by atoms with Crippen LogP contribution in [0.1, 0.15) is 96.3 Å². The lowest BCUT2D eigenvalue weighted by molar-refractivity contribution is 0.0979. The third-order valence-corrected chi connectivity index (χ3v) is 9.58. The summed E-state index contributed by atoms with van der Waals surface area (Å²) in [5, 5.41) is 4.01. The minimum atomic E-state index is -0.485. The molecule has 1 aliphatic heterocycles. The maximum atomic E-state index is 14.1. The van der Waals surface area contributed by atoms with Gasteiger partial charge in [-0.25, -0.2) is 9.99 Å². The fraction of sp³-hybridized carbons (Fsp3) is 0.205. The van der Waals surface area contributed by atoms with Crippen LogP contribution in [0.25, 0.3) is 22.8 Å². The van der Waals surface area contributed by atoms with E-state index < -0.39 is 6.17 Å². The number of fused-ring (bicyclic) bond motifs is 4. The first-order valence-corrected chi connectivity index (χ1v) is 16.6. The Morgan fingerprint density at radius 2 is 0.980 bits per heavy atom. The molecule has 242 valence electrons. The van der Waals surface area contributed by atoms with E-state index >= 15 is 0 Å². The first-order chi connectivity index (χ1) is 23.9. The Morgan fingerprint density at radius 3 is 1.43 bits per heavy atom. The molecule has 49 heavy (non-hydrogen) atoms. The van der Waals surface area contributed by atoms with Crippen LogP contribution in [0.3, 0.4) is 0 Å². The Bertz CT molecular complexity index is 2090. The lowest BCUT2D eigenvalue weighted by Gasteiger charge is -2.40. The summed E-state index contributed by atoms with van der Waals surface area (Å²) in [4.78, 5) is 70.2. The van der Waals surface area contributed by atoms with Crippen LogP contribution in [0.15, 0.2) is 84.9 Å². The number of nitrogens with two attached hydrogens (primary N) is 1. The van der Waals surface area contributed by atoms with Crippen LogP contribution in [0, 0.1) is 0 Å². The van der Waals surface area contributed by atoms with Gasteiger partial charge in [-0.15, -0.1) is 0 Å². The highest BCUT2D eigenvalue weighted by Gasteiger charge is 2.36. The standard InChI is InChI=1S/C39H32N6O4/c1-2-30(40)45(44-20-8-3-9-21-44)39-42-37(28-18-10-16-26-31(28)35(48)24-14-6-4-12-22(24)33(26)46)41-38(43-39)29-19-11-17-27-32(29)36(49)25-15-7-5-13-23(25)34(27)47/h4-7,10-19,30H,2-3,8-9,20-21,40H2,1H3. The van der Waals surface area contributed by atoms with Gasteiger partial charge in [0.25, 0.3) is 0 Å². The van der Waals surface area contributed by atoms with Gasteiger partial charge in [-0.1, -0.05) is 98.3 Å². The van der Waals surface area contributed by atoms with E-state index in [1.807, 2.05) is 11.9 Å². The zero-order chi connectivity index (χ0) is 33.8. The molecule has 1 aromatic heterocycles. The van der Waals surface area contributed by atoms with Crippen LogP contribution in [-0.2, 0) is 0 Å². The molecule has 1 saturated heterocycles. The summed E-state index contributed by atoms with van der Waals surface area (Å²) in [6.45, 7) is 3.48. The molecule has 1 fully saturated rings. The van der Waals surface area contributed by atoms with Gasteiger partial charge in [0.05, 0.1) is 6.17 Å². The van der Waals surface area contributed by atoms with E-state index in [9.17, 15) is 19.2 Å². The molecule has 10 heteroatoms. The quantitative estimate of drug-likeness (QED) is 0.225. The predicted octanol–water partition coefficient (Wildman–Crippen LogP) is 5.66. The highest BCUT2D eigenvalue weighted by Crippen LogP contribution is 2.37. The molecule has 0 spiro atoms. The second-order valence-corrected chi connectivity index (χ2v) is 12.5. The maximum absolute atomic E-state index is 14.1. The molecular formula is C39H32N6O4. The zero-order valence-corrected chi connectivity index (χ0v) is 26.8. The molecule has 2 aliphatic carbocycles. The van der Waals surface area contributed by atoms with E-state index in [2.05, 4.69) is 5.01 Å². The largest absolute Gasteiger partial charge is 0.310 e. The molecule has 0 saturated carbocycles. The van der Waals surface area contributed by atoms with E-state index in [0.717, 1.165) is 32.4 Å². The molecule has 3 aliphatic rings. The lowest BCUT2D eigenvalue weighted by atomic mass is 9.81. The van der Waals surface area contributed by atoms with Gasteiger partial charge in [0.1, 0.15) is 0 Å². The van der Waals surface area contributed by atoms with Crippen molar-refractivity contribution in [3.8, 4) is 22.8 Å². The number of hydrazine groups is 1. The number of carbonyl (C=O) groups excluding carboxylic acids is 4. The number of hydrogen-bond donors (Lipinski definition) is 1. The smallest absolute Gasteiger partial charge is 0.245 e. The highest BCUT2D eigenvalue weighted by atomic mass is 16.1. The van der Waals surface area contributed by atoms with Gasteiger partial charge >= 0.3 is 0 Å². The van der Waals surface area contributed by atoms with Crippen LogP contribution in [0.4, 0.5) is 5.95 Å². The molecule has 5 aromatic rings. The van der Waals surface area contributed by atoms with E-state index in [0.29, 0.717) is 39.8 Å². The lowest BCUT2D eigenvalue weighted by Crippen LogP contribution is -2.55. The van der Waals surface area contributed by atoms with E-state index in [1.165, 1.54) is 0 Å². The first kappa shape index (κ1) is 30.6. The first-order valence-electron chi connectivity index (χ1n) is 16.6. The summed E-state index contributed by atoms with van der Waals surface area (Å²) >= 11 is 0. The van der Waals surface area contributed by atoms with Crippen molar-refractivity contribution in [2.24, 2.45) is 5.73 Å². The molecule has 0 bridgehead atoms. The van der Waals surface area contributed by atoms with Crippen molar-refractivity contribution in [2.45, 2.75) is 38.8 Å². The summed E-state index contributed by atoms with van der Waals surface area (Å²) in [5.41, 5.74) is 9.71. The summed E-state index contributed by atoms with van der Waals surface area (Å²) in [6.07, 6.45) is 3.15. The molecule has 4 aromatic carbocycles. The second-order valence-electron chi connectivity index (χ2n) is 12.5. The van der Waals surface area contributed by atoms with E-state index in [-0.39, 0.29) is 63.0 Å². The van der Waals surface area contributed by atoms with Gasteiger partial charge in [0.15, 0.2) is 34.8 Å². The van der Waals surface area contributed by atoms with Crippen molar-refractivity contribution in [1.82, 2.24) is 20.0 Å². The molecule has 2 heterocycles. The summed E-state index contributed by atoms with van der Waals surface area (Å²) < 4.78 is 0. The Morgan fingerprint density at radius 1 is 0.571 bits per heavy atom. The number of ketones is 4. The third kappa shape index (κ3) is 4.91. The van der Waals surface area contributed by atoms with Gasteiger partial charge in [0, 0.05) is 68.7 Å². The average molecular weight is 649 g/mol. The SMILES string of the molecule is CCC(N)N(c1nc(-c2cccc3c2C(=O)c2ccccc2C3=O)nc(-c2cccc3c2C(=O)c2ccccc2C3=O)n1)N1CCCCC1. The van der Waals surface area contributed by atoms with Crippen molar-refractivity contribution in [3.05, 3.63) is 129 Å². The van der Waals surface area contributed by atoms with Crippen molar-refractivity contribution < 1.29 is 19.2 Å². The number of hydrogen-bond acceptors (Lipinski definition) is 10. The molecular weight excluding hydrogens is 616 g/mol. The molecule has 10 nitrogen and oxygen atoms in total. The molecule has 0 amide bonds. The van der Waals surface area contributed by atoms with Crippen molar-refractivity contribution in [2.75, 3.05) is 18.1 Å². The second kappa shape index (κ2) is 12.1. The summed E-state index contributed by atoms with van der Waals surface area (Å²) in [5.74, 6) is -0.593. The van der Waals surface area contributed by atoms with Gasteiger partial charge in [-0.2, -0.15) is 9.97 Å². The molecule has 2 N–H and O–H groups in total. The number of piperidine rings is 1. The van der Waals surface area contributed by atoms with E-state index in [1.54, 1.807) is 84.9 Å². The van der Waals surface area contributed by atoms with Gasteiger partial charge in [-0.3, -0.25) is 24.2 Å². The normalized spacial score (nSPS) is 16.0. The summed E-state index contributed by atoms with van der Waals surface area (Å²) in [7, 11) is 0. The average Bonchev–Trinajstić information content (AvgIpc) is 3.15. The number of rotatable bonds is 6. The molecule has 1 atom stereocenters. The fourth-order valence-electron chi connectivity index (χ4n) is 7.12. The number of anilines is 1. The molecule has 0 radical (unpaired) electrons. The van der Waals surface area contributed by atoms with Crippen LogP contribution in [0.5, 0.6) is 0 Å². The molecule has 8 rings (SSSR count). The fourth-order valence-corrected chi connectivity index (χ4v) is 7.12. The Hall–Kier alpha value is -5.71. The van der Waals surface area contributed by atoms with Crippen LogP contribution in [0.2, 0.25) is 0 Å². The van der Waals surface area contributed by atoms with Crippen LogP contribution in [-0.4, -0.2) is 62.3 Å². The van der Waals surface area contributed by atoms with Crippen LogP contribution >= 0.6 is 0 Å². The number of nitrogens with zero attached hydrogens (tertiary/aromatic N) is 5. The topological polar surface area (TPSA) is 139 Å². The number of carbonyl (C=O) groups is 4. The zero-order valence-electron chi connectivity index (χ0n) is 26.8. The number of benzene rings is 4. The van der Waals surface area contributed by atoms with Gasteiger partial charge in [0.2, 0.25) is 5.95 Å². The predicted molar refractivity (Wildman–Crippen MR) is 183 cm³/mol. The van der Waals surface area contributed by atoms with E-state index in [4.69, 9.17) is 20.7 Å². The Balaban J connectivity index is 1.38. The van der Waals surface area contributed by atoms with Gasteiger partial charge in [-0.05, 0) is 19.3 Å². The number of aromatic nitrogens is 3. The maximum Gasteiger partial charge on any atom is 0.245 e. The minimum absolute atomic E-state index is 0.148. The third-order valence-electron chi connectivity index (χ3n) is 9.58. The minimum Gasteiger partial charge on any atom is -0.310 e. The van der Waals surface area contributed by atoms with Crippen molar-refractivity contribution in [1.29, 1.82) is 0 Å². The van der Waals surface area contributed by atoms with Crippen molar-refractivity contribution in [3.63, 3.8) is 0 Å². The Kier molecular flexibility index (Phi) is 7.54. The monoisotopic (exact) mass is 648 g/mol. The highest BCUT2D eigenvalue weighted by molar-refractivity contribution is 6.31. The molecule has 1 unspecified atom stereocenters.